The maximum atomic E-state index is 13.4. The number of rotatable bonds is 0. The topological polar surface area (TPSA) is 12.0 Å². The van der Waals surface area contributed by atoms with Crippen LogP contribution in [0.3, 0.4) is 0 Å². The number of benzene rings is 1. The third-order valence-electron chi connectivity index (χ3n) is 5.71. The van der Waals surface area contributed by atoms with Crippen molar-refractivity contribution in [2.45, 2.75) is 64.6 Å². The van der Waals surface area contributed by atoms with Crippen LogP contribution in [0.4, 0.5) is 18.9 Å². The molecule has 0 saturated heterocycles. The number of anilines is 1. The molecule has 2 atom stereocenters. The zero-order valence-electron chi connectivity index (χ0n) is 13.6. The first-order valence-corrected chi connectivity index (χ1v) is 8.00. The largest absolute Gasteiger partial charge is 0.418 e. The fourth-order valence-electron chi connectivity index (χ4n) is 4.47. The lowest BCUT2D eigenvalue weighted by Gasteiger charge is -2.52. The standard InChI is InChI=1S/C18H24F3N/c1-16(2)9-8-11-14(10-16)22-15-12(17(11,3)4)6-5-7-13(15)18(19,20)21/h5-7,11,14,22H,8-10H2,1-4H3/t11-,14-/m1/s1. The molecular formula is C18H24F3N. The summed E-state index contributed by atoms with van der Waals surface area (Å²) >= 11 is 0. The normalized spacial score (nSPS) is 29.2. The summed E-state index contributed by atoms with van der Waals surface area (Å²) in [5.74, 6) is 0.386. The first-order valence-electron chi connectivity index (χ1n) is 8.00. The van der Waals surface area contributed by atoms with E-state index < -0.39 is 11.7 Å². The van der Waals surface area contributed by atoms with Gasteiger partial charge in [-0.2, -0.15) is 13.2 Å². The van der Waals surface area contributed by atoms with Crippen LogP contribution in [0.15, 0.2) is 18.2 Å². The van der Waals surface area contributed by atoms with E-state index in [1.54, 1.807) is 0 Å². The maximum Gasteiger partial charge on any atom is 0.418 e. The molecule has 0 aromatic heterocycles. The molecule has 22 heavy (non-hydrogen) atoms. The second-order valence-corrected chi connectivity index (χ2v) is 8.21. The number of halogens is 3. The molecule has 1 nitrogen and oxygen atoms in total. The monoisotopic (exact) mass is 311 g/mol. The minimum atomic E-state index is -4.31. The van der Waals surface area contributed by atoms with Gasteiger partial charge in [-0.1, -0.05) is 39.8 Å². The van der Waals surface area contributed by atoms with Crippen molar-refractivity contribution >= 4 is 5.69 Å². The molecule has 4 heteroatoms. The molecule has 1 aliphatic heterocycles. The van der Waals surface area contributed by atoms with Crippen molar-refractivity contribution in [1.82, 2.24) is 0 Å². The molecule has 122 valence electrons. The third kappa shape index (κ3) is 2.40. The Bertz CT molecular complexity index is 586. The molecule has 1 saturated carbocycles. The Balaban J connectivity index is 2.11. The Morgan fingerprint density at radius 1 is 1.14 bits per heavy atom. The van der Waals surface area contributed by atoms with E-state index in [4.69, 9.17) is 0 Å². The van der Waals surface area contributed by atoms with Crippen molar-refractivity contribution in [3.05, 3.63) is 29.3 Å². The second kappa shape index (κ2) is 4.65. The quantitative estimate of drug-likeness (QED) is 0.657. The molecule has 0 spiro atoms. The molecule has 1 aliphatic carbocycles. The van der Waals surface area contributed by atoms with Gasteiger partial charge >= 0.3 is 6.18 Å². The first kappa shape index (κ1) is 15.7. The highest BCUT2D eigenvalue weighted by Gasteiger charge is 2.49. The number of hydrogen-bond donors (Lipinski definition) is 1. The highest BCUT2D eigenvalue weighted by Crippen LogP contribution is 2.53. The smallest absolute Gasteiger partial charge is 0.381 e. The van der Waals surface area contributed by atoms with E-state index >= 15 is 0 Å². The molecule has 2 aliphatic rings. The molecule has 1 N–H and O–H groups in total. The lowest BCUT2D eigenvalue weighted by molar-refractivity contribution is -0.137. The average Bonchev–Trinajstić information content (AvgIpc) is 2.35. The first-order chi connectivity index (χ1) is 10.0. The van der Waals surface area contributed by atoms with Gasteiger partial charge in [-0.25, -0.2) is 0 Å². The zero-order valence-corrected chi connectivity index (χ0v) is 13.6. The van der Waals surface area contributed by atoms with Crippen molar-refractivity contribution in [3.8, 4) is 0 Å². The Labute approximate surface area is 130 Å². The van der Waals surface area contributed by atoms with Crippen LogP contribution in [-0.2, 0) is 11.6 Å². The third-order valence-corrected chi connectivity index (χ3v) is 5.71. The summed E-state index contributed by atoms with van der Waals surface area (Å²) in [6.07, 6.45) is -1.20. The van der Waals surface area contributed by atoms with Crippen molar-refractivity contribution < 1.29 is 13.2 Å². The summed E-state index contributed by atoms with van der Waals surface area (Å²) in [5.41, 5.74) is 0.542. The summed E-state index contributed by atoms with van der Waals surface area (Å²) in [6.45, 7) is 8.62. The summed E-state index contributed by atoms with van der Waals surface area (Å²) in [4.78, 5) is 0. The second-order valence-electron chi connectivity index (χ2n) is 8.21. The van der Waals surface area contributed by atoms with Crippen LogP contribution >= 0.6 is 0 Å². The molecule has 0 amide bonds. The molecule has 1 aromatic rings. The fourth-order valence-corrected chi connectivity index (χ4v) is 4.47. The average molecular weight is 311 g/mol. The zero-order chi connectivity index (χ0) is 16.3. The number of alkyl halides is 3. The summed E-state index contributed by atoms with van der Waals surface area (Å²) < 4.78 is 40.1. The van der Waals surface area contributed by atoms with Crippen LogP contribution in [0.2, 0.25) is 0 Å². The van der Waals surface area contributed by atoms with E-state index in [1.165, 1.54) is 12.1 Å². The maximum absolute atomic E-state index is 13.4. The van der Waals surface area contributed by atoms with Crippen LogP contribution in [0.5, 0.6) is 0 Å². The SMILES string of the molecule is CC1(C)CC[C@@H]2[C@@H](C1)Nc1c(C(F)(F)F)cccc1C2(C)C. The summed E-state index contributed by atoms with van der Waals surface area (Å²) in [7, 11) is 0. The van der Waals surface area contributed by atoms with Gasteiger partial charge in [-0.3, -0.25) is 0 Å². The van der Waals surface area contributed by atoms with Gasteiger partial charge in [0, 0.05) is 6.04 Å². The molecular weight excluding hydrogens is 287 g/mol. The van der Waals surface area contributed by atoms with Crippen LogP contribution in [0, 0.1) is 11.3 Å². The van der Waals surface area contributed by atoms with Crippen molar-refractivity contribution in [1.29, 1.82) is 0 Å². The minimum absolute atomic E-state index is 0.120. The van der Waals surface area contributed by atoms with Crippen LogP contribution in [0.1, 0.15) is 58.1 Å². The van der Waals surface area contributed by atoms with Gasteiger partial charge in [0.1, 0.15) is 0 Å². The number of hydrogen-bond acceptors (Lipinski definition) is 1. The van der Waals surface area contributed by atoms with Gasteiger partial charge in [0.05, 0.1) is 11.3 Å². The molecule has 0 radical (unpaired) electrons. The van der Waals surface area contributed by atoms with Gasteiger partial charge in [-0.15, -0.1) is 0 Å². The molecule has 1 heterocycles. The molecule has 0 bridgehead atoms. The van der Waals surface area contributed by atoms with E-state index in [-0.39, 0.29) is 16.9 Å². The minimum Gasteiger partial charge on any atom is -0.381 e. The number of fused-ring (bicyclic) bond motifs is 2. The van der Waals surface area contributed by atoms with E-state index in [9.17, 15) is 13.2 Å². The highest BCUT2D eigenvalue weighted by atomic mass is 19.4. The van der Waals surface area contributed by atoms with Gasteiger partial charge in [-0.05, 0) is 47.6 Å². The number of para-hydroxylation sites is 1. The summed E-state index contributed by atoms with van der Waals surface area (Å²) in [6, 6.07) is 4.71. The van der Waals surface area contributed by atoms with Gasteiger partial charge in [0.15, 0.2) is 0 Å². The van der Waals surface area contributed by atoms with Crippen molar-refractivity contribution in [2.24, 2.45) is 11.3 Å². The molecule has 3 rings (SSSR count). The van der Waals surface area contributed by atoms with E-state index in [1.807, 2.05) is 6.07 Å². The van der Waals surface area contributed by atoms with Gasteiger partial charge in [0.25, 0.3) is 0 Å². The highest BCUT2D eigenvalue weighted by molar-refractivity contribution is 5.64. The Hall–Kier alpha value is -1.19. The Kier molecular flexibility index (Phi) is 3.32. The Morgan fingerprint density at radius 3 is 2.45 bits per heavy atom. The predicted molar refractivity (Wildman–Crippen MR) is 83.0 cm³/mol. The van der Waals surface area contributed by atoms with Crippen LogP contribution in [0.25, 0.3) is 0 Å². The van der Waals surface area contributed by atoms with Crippen molar-refractivity contribution in [2.75, 3.05) is 5.32 Å². The van der Waals surface area contributed by atoms with Gasteiger partial charge in [0.2, 0.25) is 0 Å². The predicted octanol–water partition coefficient (Wildman–Crippen LogP) is 5.60. The van der Waals surface area contributed by atoms with E-state index in [0.717, 1.165) is 24.8 Å². The fraction of sp³-hybridized carbons (Fsp3) is 0.667. The lowest BCUT2D eigenvalue weighted by Crippen LogP contribution is -2.51. The Morgan fingerprint density at radius 2 is 1.82 bits per heavy atom. The van der Waals surface area contributed by atoms with E-state index in [2.05, 4.69) is 33.0 Å². The van der Waals surface area contributed by atoms with Crippen molar-refractivity contribution in [3.63, 3.8) is 0 Å². The van der Waals surface area contributed by atoms with Crippen LogP contribution < -0.4 is 5.32 Å². The summed E-state index contributed by atoms with van der Waals surface area (Å²) in [5, 5.41) is 3.27. The molecule has 1 fully saturated rings. The molecule has 1 aromatic carbocycles. The number of nitrogens with one attached hydrogen (secondary N) is 1. The van der Waals surface area contributed by atoms with Crippen LogP contribution in [-0.4, -0.2) is 6.04 Å². The van der Waals surface area contributed by atoms with E-state index in [0.29, 0.717) is 11.6 Å². The lowest BCUT2D eigenvalue weighted by atomic mass is 9.58. The molecule has 0 unspecified atom stereocenters. The van der Waals surface area contributed by atoms with Gasteiger partial charge < -0.3 is 5.32 Å².